The summed E-state index contributed by atoms with van der Waals surface area (Å²) in [6.45, 7) is 10.1. The first-order valence-electron chi connectivity index (χ1n) is 8.99. The molecule has 3 rings (SSSR count). The van der Waals surface area contributed by atoms with Crippen LogP contribution in [0.1, 0.15) is 44.9 Å². The summed E-state index contributed by atoms with van der Waals surface area (Å²) in [4.78, 5) is 6.08. The van der Waals surface area contributed by atoms with Crippen molar-refractivity contribution < 1.29 is 8.42 Å². The number of aromatic nitrogens is 1. The molecule has 2 N–H and O–H groups in total. The van der Waals surface area contributed by atoms with Crippen molar-refractivity contribution in [1.82, 2.24) is 9.88 Å². The van der Waals surface area contributed by atoms with E-state index in [1.54, 1.807) is 0 Å². The van der Waals surface area contributed by atoms with Crippen LogP contribution in [0.2, 0.25) is 0 Å². The summed E-state index contributed by atoms with van der Waals surface area (Å²) in [5, 5.41) is 1.20. The van der Waals surface area contributed by atoms with Crippen molar-refractivity contribution in [2.75, 3.05) is 30.6 Å². The van der Waals surface area contributed by atoms with Gasteiger partial charge in [-0.1, -0.05) is 26.8 Å². The van der Waals surface area contributed by atoms with E-state index in [0.717, 1.165) is 18.5 Å². The van der Waals surface area contributed by atoms with Crippen LogP contribution < -0.4 is 4.72 Å². The maximum atomic E-state index is 11.5. The van der Waals surface area contributed by atoms with Crippen molar-refractivity contribution in [1.29, 1.82) is 0 Å². The second-order valence-corrected chi connectivity index (χ2v) is 9.91. The highest BCUT2D eigenvalue weighted by atomic mass is 32.2. The predicted molar refractivity (Wildman–Crippen MR) is 105 cm³/mol. The molecule has 0 atom stereocenters. The second kappa shape index (κ2) is 6.65. The maximum absolute atomic E-state index is 11.5. The monoisotopic (exact) mass is 363 g/mol. The Morgan fingerprint density at radius 3 is 2.48 bits per heavy atom. The first-order valence-corrected chi connectivity index (χ1v) is 10.9. The number of likely N-dealkylation sites (tertiary alicyclic amines) is 1. The van der Waals surface area contributed by atoms with Gasteiger partial charge in [-0.25, -0.2) is 8.42 Å². The van der Waals surface area contributed by atoms with Crippen LogP contribution in [0.15, 0.2) is 18.2 Å². The zero-order valence-electron chi connectivity index (χ0n) is 15.6. The van der Waals surface area contributed by atoms with Gasteiger partial charge < -0.3 is 9.88 Å². The lowest BCUT2D eigenvalue weighted by molar-refractivity contribution is 0.343. The average molecular weight is 364 g/mol. The number of nitrogens with zero attached hydrogens (tertiary/aromatic N) is 1. The fourth-order valence-electron chi connectivity index (χ4n) is 3.71. The molecule has 1 fully saturated rings. The normalized spacial score (nSPS) is 16.6. The molecule has 0 amide bonds. The Hall–Kier alpha value is -1.53. The van der Waals surface area contributed by atoms with Crippen LogP contribution in [0, 0.1) is 0 Å². The molecule has 25 heavy (non-hydrogen) atoms. The van der Waals surface area contributed by atoms with Crippen LogP contribution in [0.5, 0.6) is 0 Å². The fraction of sp³-hybridized carbons (Fsp3) is 0.579. The molecule has 0 unspecified atom stereocenters. The third-order valence-electron chi connectivity index (χ3n) is 4.84. The number of H-pyrrole nitrogens is 1. The summed E-state index contributed by atoms with van der Waals surface area (Å²) in [6.07, 6.45) is 4.81. The zero-order valence-corrected chi connectivity index (χ0v) is 16.5. The van der Waals surface area contributed by atoms with Crippen molar-refractivity contribution in [2.24, 2.45) is 0 Å². The number of anilines is 1. The molecule has 0 aliphatic carbocycles. The van der Waals surface area contributed by atoms with Gasteiger partial charge in [0.1, 0.15) is 0 Å². The first-order chi connectivity index (χ1) is 11.6. The molecule has 2 heterocycles. The highest BCUT2D eigenvalue weighted by Gasteiger charge is 2.23. The number of aromatic amines is 1. The van der Waals surface area contributed by atoms with Gasteiger partial charge in [-0.05, 0) is 50.0 Å². The Morgan fingerprint density at radius 1 is 1.20 bits per heavy atom. The Kier molecular flexibility index (Phi) is 4.86. The van der Waals surface area contributed by atoms with Crippen LogP contribution in [-0.2, 0) is 21.9 Å². The molecular weight excluding hydrogens is 334 g/mol. The SMILES string of the molecule is CC(C)(C)c1[nH]c2cc(NS(C)(=O)=O)ccc2c1CCN1CCCC1. The van der Waals surface area contributed by atoms with Gasteiger partial charge in [-0.3, -0.25) is 4.72 Å². The molecule has 1 aromatic carbocycles. The second-order valence-electron chi connectivity index (χ2n) is 8.16. The molecule has 0 radical (unpaired) electrons. The molecule has 1 saturated heterocycles. The summed E-state index contributed by atoms with van der Waals surface area (Å²) < 4.78 is 25.5. The van der Waals surface area contributed by atoms with E-state index >= 15 is 0 Å². The van der Waals surface area contributed by atoms with Crippen molar-refractivity contribution in [3.8, 4) is 0 Å². The third-order valence-corrected chi connectivity index (χ3v) is 5.44. The van der Waals surface area contributed by atoms with Gasteiger partial charge in [0.2, 0.25) is 10.0 Å². The van der Waals surface area contributed by atoms with Crippen LogP contribution in [0.25, 0.3) is 10.9 Å². The van der Waals surface area contributed by atoms with E-state index in [4.69, 9.17) is 0 Å². The number of hydrogen-bond donors (Lipinski definition) is 2. The highest BCUT2D eigenvalue weighted by Crippen LogP contribution is 2.33. The van der Waals surface area contributed by atoms with E-state index in [1.165, 1.54) is 48.8 Å². The van der Waals surface area contributed by atoms with Crippen LogP contribution in [0.4, 0.5) is 5.69 Å². The Bertz CT molecular complexity index is 857. The summed E-state index contributed by atoms with van der Waals surface area (Å²) >= 11 is 0. The first kappa shape index (κ1) is 18.3. The van der Waals surface area contributed by atoms with Gasteiger partial charge in [0.15, 0.2) is 0 Å². The standard InChI is InChI=1S/C19H29N3O2S/c1-19(2,3)18-16(9-12-22-10-5-6-11-22)15-8-7-14(13-17(15)20-18)21-25(4,23)24/h7-8,13,20-21H,5-6,9-12H2,1-4H3. The molecule has 1 aliphatic rings. The lowest BCUT2D eigenvalue weighted by Gasteiger charge is -2.21. The van der Waals surface area contributed by atoms with Gasteiger partial charge in [0.25, 0.3) is 0 Å². The number of nitrogens with one attached hydrogen (secondary N) is 2. The molecule has 1 aliphatic heterocycles. The number of hydrogen-bond acceptors (Lipinski definition) is 3. The minimum Gasteiger partial charge on any atom is -0.358 e. The minimum atomic E-state index is -3.27. The summed E-state index contributed by atoms with van der Waals surface area (Å²) in [5.74, 6) is 0. The molecule has 6 heteroatoms. The Balaban J connectivity index is 1.96. The molecule has 0 spiro atoms. The Labute approximate surface area is 150 Å². The van der Waals surface area contributed by atoms with Crippen molar-refractivity contribution in [3.63, 3.8) is 0 Å². The quantitative estimate of drug-likeness (QED) is 0.855. The van der Waals surface area contributed by atoms with Crippen molar-refractivity contribution in [2.45, 2.75) is 45.4 Å². The summed E-state index contributed by atoms with van der Waals surface area (Å²) in [5.41, 5.74) is 4.22. The third kappa shape index (κ3) is 4.36. The van der Waals surface area contributed by atoms with Gasteiger partial charge in [-0.2, -0.15) is 0 Å². The smallest absolute Gasteiger partial charge is 0.229 e. The van der Waals surface area contributed by atoms with E-state index in [9.17, 15) is 8.42 Å². The van der Waals surface area contributed by atoms with Gasteiger partial charge in [0, 0.05) is 28.6 Å². The molecule has 2 aromatic rings. The molecule has 138 valence electrons. The van der Waals surface area contributed by atoms with Gasteiger partial charge in [0.05, 0.1) is 11.9 Å². The van der Waals surface area contributed by atoms with Gasteiger partial charge in [-0.15, -0.1) is 0 Å². The van der Waals surface area contributed by atoms with E-state index in [-0.39, 0.29) is 5.41 Å². The topological polar surface area (TPSA) is 65.2 Å². The van der Waals surface area contributed by atoms with E-state index in [0.29, 0.717) is 5.69 Å². The summed E-state index contributed by atoms with van der Waals surface area (Å²) in [7, 11) is -3.27. The van der Waals surface area contributed by atoms with Crippen LogP contribution in [0.3, 0.4) is 0 Å². The number of rotatable bonds is 5. The number of fused-ring (bicyclic) bond motifs is 1. The van der Waals surface area contributed by atoms with Crippen molar-refractivity contribution >= 4 is 26.6 Å². The predicted octanol–water partition coefficient (Wildman–Crippen LogP) is 3.48. The van der Waals surface area contributed by atoms with Crippen molar-refractivity contribution in [3.05, 3.63) is 29.5 Å². The minimum absolute atomic E-state index is 0.0176. The highest BCUT2D eigenvalue weighted by molar-refractivity contribution is 7.92. The fourth-order valence-corrected chi connectivity index (χ4v) is 4.26. The van der Waals surface area contributed by atoms with E-state index < -0.39 is 10.0 Å². The maximum Gasteiger partial charge on any atom is 0.229 e. The molecule has 0 bridgehead atoms. The van der Waals surface area contributed by atoms with E-state index in [1.807, 2.05) is 18.2 Å². The van der Waals surface area contributed by atoms with Crippen LogP contribution >= 0.6 is 0 Å². The number of benzene rings is 1. The Morgan fingerprint density at radius 2 is 1.88 bits per heavy atom. The zero-order chi connectivity index (χ0) is 18.2. The van der Waals surface area contributed by atoms with E-state index in [2.05, 4.69) is 35.4 Å². The molecular formula is C19H29N3O2S. The summed E-state index contributed by atoms with van der Waals surface area (Å²) in [6, 6.07) is 5.78. The molecule has 0 saturated carbocycles. The van der Waals surface area contributed by atoms with Gasteiger partial charge >= 0.3 is 0 Å². The lowest BCUT2D eigenvalue weighted by atomic mass is 9.88. The lowest BCUT2D eigenvalue weighted by Crippen LogP contribution is -2.23. The van der Waals surface area contributed by atoms with Crippen LogP contribution in [-0.4, -0.2) is 44.2 Å². The largest absolute Gasteiger partial charge is 0.358 e. The number of sulfonamides is 1. The average Bonchev–Trinajstić information content (AvgIpc) is 3.09. The molecule has 1 aromatic heterocycles. The molecule has 5 nitrogen and oxygen atoms in total.